The number of aliphatic hydroxyl groups is 1. The standard InChI is InChI=1S/C9H20N2O/c1-9(2)8(10-3)7(6-12)5-11(9)4/h7-8,10,12H,5-6H2,1-4H3. The minimum absolute atomic E-state index is 0.155. The van der Waals surface area contributed by atoms with Crippen LogP contribution < -0.4 is 5.32 Å². The third kappa shape index (κ3) is 1.37. The van der Waals surface area contributed by atoms with Gasteiger partial charge in [0, 0.05) is 30.7 Å². The third-order valence-electron chi connectivity index (χ3n) is 3.27. The lowest BCUT2D eigenvalue weighted by Gasteiger charge is -2.33. The van der Waals surface area contributed by atoms with Crippen molar-refractivity contribution in [3.8, 4) is 0 Å². The normalized spacial score (nSPS) is 35.8. The van der Waals surface area contributed by atoms with E-state index in [2.05, 4.69) is 31.1 Å². The van der Waals surface area contributed by atoms with Crippen molar-refractivity contribution in [3.05, 3.63) is 0 Å². The van der Waals surface area contributed by atoms with E-state index in [1.807, 2.05) is 7.05 Å². The Morgan fingerprint density at radius 3 is 2.50 bits per heavy atom. The van der Waals surface area contributed by atoms with Crippen molar-refractivity contribution < 1.29 is 5.11 Å². The first kappa shape index (κ1) is 9.96. The van der Waals surface area contributed by atoms with Crippen molar-refractivity contribution in [3.63, 3.8) is 0 Å². The van der Waals surface area contributed by atoms with E-state index in [1.165, 1.54) is 0 Å². The zero-order valence-corrected chi connectivity index (χ0v) is 8.46. The molecule has 72 valence electrons. The Hall–Kier alpha value is -0.120. The van der Waals surface area contributed by atoms with Crippen molar-refractivity contribution in [2.24, 2.45) is 5.92 Å². The summed E-state index contributed by atoms with van der Waals surface area (Å²) >= 11 is 0. The zero-order valence-electron chi connectivity index (χ0n) is 8.46. The predicted molar refractivity (Wildman–Crippen MR) is 50.1 cm³/mol. The molecule has 0 amide bonds. The van der Waals surface area contributed by atoms with Crippen LogP contribution in [0.3, 0.4) is 0 Å². The second-order valence-corrected chi connectivity index (χ2v) is 4.24. The SMILES string of the molecule is CNC1C(CO)CN(C)C1(C)C. The van der Waals surface area contributed by atoms with E-state index < -0.39 is 0 Å². The second kappa shape index (κ2) is 3.32. The van der Waals surface area contributed by atoms with Gasteiger partial charge in [0.25, 0.3) is 0 Å². The monoisotopic (exact) mass is 172 g/mol. The molecule has 1 rings (SSSR count). The number of aliphatic hydroxyl groups excluding tert-OH is 1. The largest absolute Gasteiger partial charge is 0.396 e. The van der Waals surface area contributed by atoms with Crippen LogP contribution >= 0.6 is 0 Å². The Bertz CT molecular complexity index is 159. The number of likely N-dealkylation sites (N-methyl/N-ethyl adjacent to an activating group) is 2. The number of rotatable bonds is 2. The Kier molecular flexibility index (Phi) is 2.76. The molecule has 0 saturated carbocycles. The predicted octanol–water partition coefficient (Wildman–Crippen LogP) is -0.0931. The zero-order chi connectivity index (χ0) is 9.35. The van der Waals surface area contributed by atoms with Gasteiger partial charge in [0.1, 0.15) is 0 Å². The molecule has 1 heterocycles. The topological polar surface area (TPSA) is 35.5 Å². The van der Waals surface area contributed by atoms with Crippen LogP contribution in [-0.2, 0) is 0 Å². The number of nitrogens with zero attached hydrogens (tertiary/aromatic N) is 1. The molecule has 2 N–H and O–H groups in total. The van der Waals surface area contributed by atoms with Crippen LogP contribution in [0.25, 0.3) is 0 Å². The molecule has 0 radical (unpaired) electrons. The molecule has 0 bridgehead atoms. The van der Waals surface area contributed by atoms with Crippen LogP contribution in [0.15, 0.2) is 0 Å². The molecule has 3 nitrogen and oxygen atoms in total. The van der Waals surface area contributed by atoms with Crippen molar-refractivity contribution in [2.75, 3.05) is 27.2 Å². The van der Waals surface area contributed by atoms with Crippen molar-refractivity contribution in [1.82, 2.24) is 10.2 Å². The van der Waals surface area contributed by atoms with Gasteiger partial charge in [-0.15, -0.1) is 0 Å². The highest BCUT2D eigenvalue weighted by Crippen LogP contribution is 2.30. The summed E-state index contributed by atoms with van der Waals surface area (Å²) in [6, 6.07) is 0.396. The molecular weight excluding hydrogens is 152 g/mol. The van der Waals surface area contributed by atoms with Gasteiger partial charge in [-0.1, -0.05) is 0 Å². The van der Waals surface area contributed by atoms with Gasteiger partial charge < -0.3 is 10.4 Å². The maximum absolute atomic E-state index is 9.15. The van der Waals surface area contributed by atoms with Crippen LogP contribution in [0.4, 0.5) is 0 Å². The smallest absolute Gasteiger partial charge is 0.0487 e. The van der Waals surface area contributed by atoms with Gasteiger partial charge in [0.15, 0.2) is 0 Å². The number of nitrogens with one attached hydrogen (secondary N) is 1. The van der Waals surface area contributed by atoms with Crippen molar-refractivity contribution >= 4 is 0 Å². The molecule has 2 unspecified atom stereocenters. The van der Waals surface area contributed by atoms with Crippen LogP contribution in [0.5, 0.6) is 0 Å². The first-order valence-electron chi connectivity index (χ1n) is 4.53. The van der Waals surface area contributed by atoms with E-state index in [0.29, 0.717) is 12.0 Å². The van der Waals surface area contributed by atoms with Crippen LogP contribution in [0.2, 0.25) is 0 Å². The van der Waals surface area contributed by atoms with Gasteiger partial charge in [-0.3, -0.25) is 4.90 Å². The number of hydrogen-bond acceptors (Lipinski definition) is 3. The maximum atomic E-state index is 9.15. The highest BCUT2D eigenvalue weighted by atomic mass is 16.3. The molecule has 0 aromatic heterocycles. The lowest BCUT2D eigenvalue weighted by molar-refractivity contribution is 0.183. The van der Waals surface area contributed by atoms with Crippen LogP contribution in [0.1, 0.15) is 13.8 Å². The molecule has 0 aliphatic carbocycles. The summed E-state index contributed by atoms with van der Waals surface area (Å²) in [6.07, 6.45) is 0. The first-order valence-corrected chi connectivity index (χ1v) is 4.53. The minimum atomic E-state index is 0.155. The number of hydrogen-bond donors (Lipinski definition) is 2. The summed E-state index contributed by atoms with van der Waals surface area (Å²) in [5.74, 6) is 0.370. The van der Waals surface area contributed by atoms with Crippen LogP contribution in [-0.4, -0.2) is 48.8 Å². The quantitative estimate of drug-likeness (QED) is 0.611. The second-order valence-electron chi connectivity index (χ2n) is 4.24. The lowest BCUT2D eigenvalue weighted by Crippen LogP contribution is -2.50. The van der Waals surface area contributed by atoms with Gasteiger partial charge in [0.05, 0.1) is 0 Å². The van der Waals surface area contributed by atoms with E-state index in [9.17, 15) is 0 Å². The molecule has 2 atom stereocenters. The fourth-order valence-corrected chi connectivity index (χ4v) is 2.26. The van der Waals surface area contributed by atoms with Gasteiger partial charge in [-0.05, 0) is 27.9 Å². The Morgan fingerprint density at radius 1 is 1.58 bits per heavy atom. The highest BCUT2D eigenvalue weighted by molar-refractivity contribution is 5.02. The summed E-state index contributed by atoms with van der Waals surface area (Å²) < 4.78 is 0. The Labute approximate surface area is 74.8 Å². The molecule has 12 heavy (non-hydrogen) atoms. The summed E-state index contributed by atoms with van der Waals surface area (Å²) in [5, 5.41) is 12.4. The molecule has 0 spiro atoms. The van der Waals surface area contributed by atoms with E-state index in [1.54, 1.807) is 0 Å². The minimum Gasteiger partial charge on any atom is -0.396 e. The Balaban J connectivity index is 2.76. The van der Waals surface area contributed by atoms with E-state index >= 15 is 0 Å². The molecule has 0 aromatic carbocycles. The van der Waals surface area contributed by atoms with Gasteiger partial charge in [0.2, 0.25) is 0 Å². The number of likely N-dealkylation sites (tertiary alicyclic amines) is 1. The fourth-order valence-electron chi connectivity index (χ4n) is 2.26. The van der Waals surface area contributed by atoms with E-state index in [4.69, 9.17) is 5.11 Å². The average molecular weight is 172 g/mol. The van der Waals surface area contributed by atoms with Gasteiger partial charge in [-0.2, -0.15) is 0 Å². The Morgan fingerprint density at radius 2 is 2.17 bits per heavy atom. The summed E-state index contributed by atoms with van der Waals surface area (Å²) in [4.78, 5) is 2.30. The maximum Gasteiger partial charge on any atom is 0.0487 e. The molecule has 1 fully saturated rings. The average Bonchev–Trinajstić information content (AvgIpc) is 2.23. The molecule has 1 saturated heterocycles. The van der Waals surface area contributed by atoms with E-state index in [-0.39, 0.29) is 12.1 Å². The van der Waals surface area contributed by atoms with Crippen molar-refractivity contribution in [2.45, 2.75) is 25.4 Å². The molecule has 1 aliphatic heterocycles. The van der Waals surface area contributed by atoms with Crippen LogP contribution in [0, 0.1) is 5.92 Å². The first-order chi connectivity index (χ1) is 5.54. The van der Waals surface area contributed by atoms with Gasteiger partial charge in [-0.25, -0.2) is 0 Å². The lowest BCUT2D eigenvalue weighted by atomic mass is 9.90. The van der Waals surface area contributed by atoms with E-state index in [0.717, 1.165) is 6.54 Å². The molecule has 3 heteroatoms. The van der Waals surface area contributed by atoms with Gasteiger partial charge >= 0.3 is 0 Å². The third-order valence-corrected chi connectivity index (χ3v) is 3.27. The van der Waals surface area contributed by atoms with Crippen molar-refractivity contribution in [1.29, 1.82) is 0 Å². The summed E-state index contributed by atoms with van der Waals surface area (Å²) in [5.41, 5.74) is 0.155. The highest BCUT2D eigenvalue weighted by Gasteiger charge is 2.44. The summed E-state index contributed by atoms with van der Waals surface area (Å²) in [7, 11) is 4.08. The molecule has 1 aliphatic rings. The molecular formula is C9H20N2O. The molecule has 0 aromatic rings. The fraction of sp³-hybridized carbons (Fsp3) is 1.00. The summed E-state index contributed by atoms with van der Waals surface area (Å²) in [6.45, 7) is 5.68.